The molecular weight excluding hydrogens is 562 g/mol. The Kier molecular flexibility index (Phi) is 13.2. The van der Waals surface area contributed by atoms with Crippen molar-refractivity contribution in [3.05, 3.63) is 46.0 Å². The highest BCUT2D eigenvalue weighted by Gasteiger charge is 2.38. The molecule has 0 saturated carbocycles. The Bertz CT molecular complexity index is 1150. The second-order valence-electron chi connectivity index (χ2n) is 11.5. The number of nitrogens with two attached hydrogens (primary N) is 1. The molecule has 0 aliphatic carbocycles. The van der Waals surface area contributed by atoms with Crippen LogP contribution in [0.1, 0.15) is 65.9 Å². The van der Waals surface area contributed by atoms with Crippen molar-refractivity contribution in [2.24, 2.45) is 16.6 Å². The molecule has 15 nitrogen and oxygen atoms in total. The third-order valence-corrected chi connectivity index (χ3v) is 6.40. The van der Waals surface area contributed by atoms with Gasteiger partial charge in [-0.05, 0) is 57.9 Å². The maximum atomic E-state index is 13.5. The number of benzene rings is 1. The van der Waals surface area contributed by atoms with E-state index in [1.54, 1.807) is 40.0 Å². The van der Waals surface area contributed by atoms with Gasteiger partial charge in [-0.3, -0.25) is 14.5 Å². The first-order valence-electron chi connectivity index (χ1n) is 14.2. The van der Waals surface area contributed by atoms with Gasteiger partial charge in [0.15, 0.2) is 5.03 Å². The maximum Gasteiger partial charge on any atom is 0.410 e. The van der Waals surface area contributed by atoms with E-state index in [0.717, 1.165) is 5.56 Å². The summed E-state index contributed by atoms with van der Waals surface area (Å²) in [5.74, 6) is -2.55. The number of carbonyl (C=O) groups excluding carboxylic acids is 4. The fourth-order valence-electron chi connectivity index (χ4n) is 4.31. The normalized spacial score (nSPS) is 16.7. The first-order valence-corrected chi connectivity index (χ1v) is 14.2. The van der Waals surface area contributed by atoms with Crippen LogP contribution in [0.4, 0.5) is 4.79 Å². The minimum absolute atomic E-state index is 0.0203. The van der Waals surface area contributed by atoms with E-state index in [-0.39, 0.29) is 31.9 Å². The van der Waals surface area contributed by atoms with Crippen LogP contribution in [0.15, 0.2) is 35.3 Å². The summed E-state index contributed by atoms with van der Waals surface area (Å²) >= 11 is 0. The summed E-state index contributed by atoms with van der Waals surface area (Å²) in [6, 6.07) is 6.13. The van der Waals surface area contributed by atoms with E-state index in [4.69, 9.17) is 15.2 Å². The smallest absolute Gasteiger partial charge is 0.410 e. The molecule has 1 fully saturated rings. The van der Waals surface area contributed by atoms with Crippen molar-refractivity contribution >= 4 is 29.8 Å². The molecular formula is C28H43N7O8. The quantitative estimate of drug-likeness (QED) is 0.0638. The van der Waals surface area contributed by atoms with Gasteiger partial charge in [-0.2, -0.15) is 0 Å². The fraction of sp³-hybridized carbons (Fsp3) is 0.607. The predicted octanol–water partition coefficient (Wildman–Crippen LogP) is 1.63. The van der Waals surface area contributed by atoms with Gasteiger partial charge >= 0.3 is 12.1 Å². The molecule has 15 heteroatoms. The summed E-state index contributed by atoms with van der Waals surface area (Å²) < 4.78 is 10.9. The lowest BCUT2D eigenvalue weighted by Gasteiger charge is -2.29. The number of nitrogens with zero attached hydrogens (tertiary/aromatic N) is 3. The molecule has 1 saturated heterocycles. The molecule has 2 rings (SSSR count). The van der Waals surface area contributed by atoms with Crippen LogP contribution in [0.2, 0.25) is 0 Å². The Labute approximate surface area is 251 Å². The Morgan fingerprint density at radius 1 is 1.16 bits per heavy atom. The molecule has 3 atom stereocenters. The first-order chi connectivity index (χ1) is 20.2. The maximum absolute atomic E-state index is 13.5. The van der Waals surface area contributed by atoms with Crippen molar-refractivity contribution < 1.29 is 33.7 Å². The molecule has 0 spiro atoms. The van der Waals surface area contributed by atoms with Gasteiger partial charge in [0.1, 0.15) is 30.3 Å². The summed E-state index contributed by atoms with van der Waals surface area (Å²) in [5.41, 5.74) is 7.21. The largest absolute Gasteiger partial charge is 0.459 e. The van der Waals surface area contributed by atoms with Crippen LogP contribution in [0.5, 0.6) is 0 Å². The van der Waals surface area contributed by atoms with Gasteiger partial charge in [-0.25, -0.2) is 24.7 Å². The zero-order valence-electron chi connectivity index (χ0n) is 25.3. The Morgan fingerprint density at radius 3 is 2.44 bits per heavy atom. The molecule has 1 aromatic rings. The fourth-order valence-corrected chi connectivity index (χ4v) is 4.31. The SMILES string of the molecule is CC(C)[C@H](NC(=O)[C@H](CCCN=C(N)N[N+](=O)[O-])NC(=O)[C@@H]1CCCN1C(=O)OC(C)(C)C)C(=O)OCc1ccccc1. The van der Waals surface area contributed by atoms with Gasteiger partial charge in [-0.15, -0.1) is 0 Å². The van der Waals surface area contributed by atoms with Gasteiger partial charge in [0, 0.05) is 13.1 Å². The van der Waals surface area contributed by atoms with Crippen molar-refractivity contribution in [1.82, 2.24) is 21.0 Å². The number of likely N-dealkylation sites (tertiary alicyclic amines) is 1. The molecule has 1 aliphatic rings. The molecule has 1 aliphatic heterocycles. The number of rotatable bonds is 13. The zero-order chi connectivity index (χ0) is 32.2. The zero-order valence-corrected chi connectivity index (χ0v) is 25.3. The number of aliphatic imine (C=N–C) groups is 1. The highest BCUT2D eigenvalue weighted by Crippen LogP contribution is 2.21. The number of hydrogen-bond acceptors (Lipinski definition) is 9. The number of carbonyl (C=O) groups is 4. The van der Waals surface area contributed by atoms with Crippen LogP contribution in [-0.4, -0.2) is 76.6 Å². The van der Waals surface area contributed by atoms with Crippen molar-refractivity contribution in [3.63, 3.8) is 0 Å². The second-order valence-corrected chi connectivity index (χ2v) is 11.5. The van der Waals surface area contributed by atoms with Gasteiger partial charge in [0.05, 0.1) is 0 Å². The molecule has 0 unspecified atom stereocenters. The summed E-state index contributed by atoms with van der Waals surface area (Å²) in [6.07, 6.45) is 0.608. The molecule has 1 heterocycles. The van der Waals surface area contributed by atoms with Gasteiger partial charge < -0.3 is 25.8 Å². The number of nitrogens with one attached hydrogen (secondary N) is 3. The minimum Gasteiger partial charge on any atom is -0.459 e. The Hall–Kier alpha value is -4.43. The van der Waals surface area contributed by atoms with E-state index in [2.05, 4.69) is 15.6 Å². The van der Waals surface area contributed by atoms with E-state index in [9.17, 15) is 29.3 Å². The molecule has 0 aromatic heterocycles. The number of hydrazine groups is 1. The second kappa shape index (κ2) is 16.3. The number of guanidine groups is 1. The molecule has 0 radical (unpaired) electrons. The Morgan fingerprint density at radius 2 is 1.84 bits per heavy atom. The standard InChI is InChI=1S/C28H43N7O8/c1-18(2)22(25(38)42-17-19-11-7-6-8-12-19)32-23(36)20(13-9-15-30-26(29)33-35(40)41)31-24(37)21-14-10-16-34(21)27(39)43-28(3,4)5/h6-8,11-12,18,20-22H,9-10,13-17H2,1-5H3,(H,31,37)(H,32,36)(H3,29,30,33)/t20-,21-,22-/m0/s1. The molecule has 238 valence electrons. The third kappa shape index (κ3) is 12.1. The molecule has 5 N–H and O–H groups in total. The van der Waals surface area contributed by atoms with Crippen molar-refractivity contribution in [1.29, 1.82) is 0 Å². The summed E-state index contributed by atoms with van der Waals surface area (Å²) in [7, 11) is 0. The summed E-state index contributed by atoms with van der Waals surface area (Å²) in [4.78, 5) is 68.2. The van der Waals surface area contributed by atoms with Crippen LogP contribution in [-0.2, 0) is 30.5 Å². The highest BCUT2D eigenvalue weighted by molar-refractivity contribution is 5.93. The third-order valence-electron chi connectivity index (χ3n) is 6.40. The van der Waals surface area contributed by atoms with Crippen LogP contribution in [0.25, 0.3) is 0 Å². The van der Waals surface area contributed by atoms with Crippen molar-refractivity contribution in [3.8, 4) is 0 Å². The summed E-state index contributed by atoms with van der Waals surface area (Å²) in [6.45, 7) is 9.04. The van der Waals surface area contributed by atoms with Gasteiger partial charge in [0.2, 0.25) is 11.8 Å². The van der Waals surface area contributed by atoms with Crippen LogP contribution >= 0.6 is 0 Å². The van der Waals surface area contributed by atoms with E-state index < -0.39 is 58.6 Å². The number of esters is 1. The van der Waals surface area contributed by atoms with Gasteiger partial charge in [0.25, 0.3) is 5.96 Å². The van der Waals surface area contributed by atoms with Crippen molar-refractivity contribution in [2.45, 2.75) is 90.6 Å². The van der Waals surface area contributed by atoms with E-state index in [1.807, 2.05) is 30.3 Å². The lowest BCUT2D eigenvalue weighted by molar-refractivity contribution is -0.525. The topological polar surface area (TPSA) is 208 Å². The average molecular weight is 606 g/mol. The first kappa shape index (κ1) is 34.8. The lowest BCUT2D eigenvalue weighted by atomic mass is 10.0. The number of amides is 3. The van der Waals surface area contributed by atoms with E-state index in [1.165, 1.54) is 4.90 Å². The minimum atomic E-state index is -1.11. The number of nitro groups is 1. The van der Waals surface area contributed by atoms with Crippen LogP contribution in [0.3, 0.4) is 0 Å². The van der Waals surface area contributed by atoms with Gasteiger partial charge in [-0.1, -0.05) is 49.6 Å². The van der Waals surface area contributed by atoms with Crippen LogP contribution in [0, 0.1) is 16.0 Å². The molecule has 3 amide bonds. The number of ether oxygens (including phenoxy) is 2. The average Bonchev–Trinajstić information content (AvgIpc) is 3.41. The highest BCUT2D eigenvalue weighted by atomic mass is 16.7. The predicted molar refractivity (Wildman–Crippen MR) is 157 cm³/mol. The van der Waals surface area contributed by atoms with Crippen molar-refractivity contribution in [2.75, 3.05) is 13.1 Å². The van der Waals surface area contributed by atoms with Crippen LogP contribution < -0.4 is 21.8 Å². The number of hydrogen-bond donors (Lipinski definition) is 4. The monoisotopic (exact) mass is 605 g/mol. The van der Waals surface area contributed by atoms with E-state index >= 15 is 0 Å². The Balaban J connectivity index is 2.15. The molecule has 0 bridgehead atoms. The molecule has 1 aromatic carbocycles. The van der Waals surface area contributed by atoms with E-state index in [0.29, 0.717) is 19.4 Å². The summed E-state index contributed by atoms with van der Waals surface area (Å²) in [5, 5.41) is 15.1. The molecule has 43 heavy (non-hydrogen) atoms. The lowest BCUT2D eigenvalue weighted by Crippen LogP contribution is -2.56.